The molecule has 39 heavy (non-hydrogen) atoms. The minimum Gasteiger partial charge on any atom is -0.381 e. The van der Waals surface area contributed by atoms with Crippen LogP contribution in [0.25, 0.3) is 0 Å². The van der Waals surface area contributed by atoms with E-state index in [2.05, 4.69) is 62.3 Å². The maximum Gasteiger partial charge on any atom is 0.0624 e. The van der Waals surface area contributed by atoms with Gasteiger partial charge >= 0.3 is 0 Å². The molecule has 5 rings (SSSR count). The summed E-state index contributed by atoms with van der Waals surface area (Å²) in [5, 5.41) is 0. The van der Waals surface area contributed by atoms with Gasteiger partial charge in [0, 0.05) is 26.4 Å². The summed E-state index contributed by atoms with van der Waals surface area (Å²) in [5.74, 6) is 2.96. The Bertz CT molecular complexity index is 467. The molecule has 234 valence electrons. The van der Waals surface area contributed by atoms with E-state index < -0.39 is 0 Å². The highest BCUT2D eigenvalue weighted by Gasteiger charge is 2.28. The third kappa shape index (κ3) is 19.6. The molecule has 0 aromatic rings. The van der Waals surface area contributed by atoms with Gasteiger partial charge in [0.25, 0.3) is 0 Å². The highest BCUT2D eigenvalue weighted by Crippen LogP contribution is 2.38. The first kappa shape index (κ1) is 36.9. The van der Waals surface area contributed by atoms with Crippen LogP contribution in [0.15, 0.2) is 0 Å². The van der Waals surface area contributed by atoms with Crippen molar-refractivity contribution in [3.05, 3.63) is 0 Å². The Morgan fingerprint density at radius 3 is 1.21 bits per heavy atom. The van der Waals surface area contributed by atoms with Crippen LogP contribution in [-0.4, -0.2) is 38.6 Å². The normalized spacial score (nSPS) is 27.0. The molecule has 2 unspecified atom stereocenters. The van der Waals surface area contributed by atoms with E-state index in [9.17, 15) is 0 Å². The van der Waals surface area contributed by atoms with Crippen molar-refractivity contribution in [2.75, 3.05) is 26.4 Å². The van der Waals surface area contributed by atoms with Crippen molar-refractivity contribution >= 4 is 0 Å². The molecule has 0 aromatic carbocycles. The van der Waals surface area contributed by atoms with Crippen LogP contribution < -0.4 is 0 Å². The van der Waals surface area contributed by atoms with Crippen molar-refractivity contribution in [1.29, 1.82) is 0 Å². The van der Waals surface area contributed by atoms with E-state index in [1.165, 1.54) is 103 Å². The van der Waals surface area contributed by atoms with Gasteiger partial charge in [0.15, 0.2) is 0 Å². The van der Waals surface area contributed by atoms with Gasteiger partial charge in [-0.05, 0) is 93.3 Å². The smallest absolute Gasteiger partial charge is 0.0624 e. The zero-order valence-corrected chi connectivity index (χ0v) is 28.3. The molecule has 5 fully saturated rings. The Hall–Kier alpha value is -0.120. The lowest BCUT2D eigenvalue weighted by Gasteiger charge is -2.26. The number of hydrogen-bond donors (Lipinski definition) is 0. The maximum absolute atomic E-state index is 5.52. The van der Waals surface area contributed by atoms with Crippen molar-refractivity contribution in [1.82, 2.24) is 0 Å². The molecule has 0 radical (unpaired) electrons. The van der Waals surface area contributed by atoms with Gasteiger partial charge in [0.1, 0.15) is 0 Å². The second-order valence-corrected chi connectivity index (χ2v) is 15.4. The summed E-state index contributed by atoms with van der Waals surface area (Å²) >= 11 is 0. The van der Waals surface area contributed by atoms with Crippen molar-refractivity contribution < 1.29 is 14.2 Å². The molecule has 2 saturated carbocycles. The van der Waals surface area contributed by atoms with E-state index in [0.717, 1.165) is 44.2 Å². The minimum absolute atomic E-state index is 0.358. The van der Waals surface area contributed by atoms with Gasteiger partial charge in [0.05, 0.1) is 12.2 Å². The van der Waals surface area contributed by atoms with Gasteiger partial charge in [-0.3, -0.25) is 0 Å². The average molecular weight is 553 g/mol. The molecule has 3 heterocycles. The molecule has 5 aliphatic rings. The summed E-state index contributed by atoms with van der Waals surface area (Å²) in [5.41, 5.74) is 0.938. The Kier molecular flexibility index (Phi) is 19.6. The van der Waals surface area contributed by atoms with E-state index >= 15 is 0 Å². The Labute approximate surface area is 246 Å². The van der Waals surface area contributed by atoms with Crippen molar-refractivity contribution in [2.45, 2.75) is 177 Å². The summed E-state index contributed by atoms with van der Waals surface area (Å²) in [6, 6.07) is 0. The zero-order chi connectivity index (χ0) is 29.2. The number of ether oxygens (including phenoxy) is 3. The fraction of sp³-hybridized carbons (Fsp3) is 1.00. The van der Waals surface area contributed by atoms with E-state index in [1.54, 1.807) is 0 Å². The van der Waals surface area contributed by atoms with Crippen LogP contribution in [0.3, 0.4) is 0 Å². The van der Waals surface area contributed by atoms with E-state index in [-0.39, 0.29) is 0 Å². The standard InChI is InChI=1S/C9H18.C8H16O.C7H14.2C6H12O/c1-9(2,3)8-6-4-5-7-8;1-8(2,3)7-5-4-6-9-7;1-7-5-3-2-4-6-7;1-6-2-4-7-5-3-6;1-6-4-2-3-5-7-6/h8H,4-7H2,1-3H3;7H,4-6H2,1-3H3;7H,2-6H2,1H3;2*6H,2-5H2,1H3. The molecule has 0 spiro atoms. The first-order valence-electron chi connectivity index (χ1n) is 17.2. The molecule has 0 bridgehead atoms. The molecular formula is C36H72O3. The van der Waals surface area contributed by atoms with Crippen LogP contribution in [-0.2, 0) is 14.2 Å². The van der Waals surface area contributed by atoms with Crippen LogP contribution in [0.2, 0.25) is 0 Å². The van der Waals surface area contributed by atoms with E-state index in [1.807, 2.05) is 0 Å². The molecule has 3 heteroatoms. The third-order valence-corrected chi connectivity index (χ3v) is 9.29. The Balaban J connectivity index is 0.000000245. The fourth-order valence-corrected chi connectivity index (χ4v) is 6.08. The second-order valence-electron chi connectivity index (χ2n) is 15.4. The average Bonchev–Trinajstić information content (AvgIpc) is 3.62. The van der Waals surface area contributed by atoms with Crippen molar-refractivity contribution in [3.8, 4) is 0 Å². The van der Waals surface area contributed by atoms with Crippen LogP contribution >= 0.6 is 0 Å². The maximum atomic E-state index is 5.52. The lowest BCUT2D eigenvalue weighted by Crippen LogP contribution is -2.24. The van der Waals surface area contributed by atoms with Crippen LogP contribution in [0.4, 0.5) is 0 Å². The highest BCUT2D eigenvalue weighted by atomic mass is 16.5. The second kappa shape index (κ2) is 20.7. The van der Waals surface area contributed by atoms with Crippen molar-refractivity contribution in [3.63, 3.8) is 0 Å². The molecule has 0 aromatic heterocycles. The van der Waals surface area contributed by atoms with Gasteiger partial charge in [-0.1, -0.05) is 100 Å². The molecule has 0 N–H and O–H groups in total. The molecule has 0 amide bonds. The molecule has 3 aliphatic heterocycles. The quantitative estimate of drug-likeness (QED) is 0.299. The Morgan fingerprint density at radius 1 is 0.436 bits per heavy atom. The molecule has 2 aliphatic carbocycles. The summed E-state index contributed by atoms with van der Waals surface area (Å²) in [6.07, 6.45) is 23.3. The largest absolute Gasteiger partial charge is 0.381 e. The zero-order valence-electron chi connectivity index (χ0n) is 28.3. The highest BCUT2D eigenvalue weighted by molar-refractivity contribution is 4.78. The van der Waals surface area contributed by atoms with Crippen LogP contribution in [0.5, 0.6) is 0 Å². The monoisotopic (exact) mass is 553 g/mol. The van der Waals surface area contributed by atoms with Gasteiger partial charge in [-0.15, -0.1) is 0 Å². The SMILES string of the molecule is CC(C)(C)C1CCCC1.CC(C)(C)C1CCCO1.CC1CCCCC1.CC1CCCCO1.CC1CCOCC1. The predicted molar refractivity (Wildman–Crippen MR) is 171 cm³/mol. The first-order chi connectivity index (χ1) is 18.4. The molecule has 3 saturated heterocycles. The van der Waals surface area contributed by atoms with Crippen LogP contribution in [0, 0.1) is 28.6 Å². The minimum atomic E-state index is 0.358. The Morgan fingerprint density at radius 2 is 0.949 bits per heavy atom. The van der Waals surface area contributed by atoms with E-state index in [0.29, 0.717) is 23.0 Å². The summed E-state index contributed by atoms with van der Waals surface area (Å²) < 4.78 is 15.9. The van der Waals surface area contributed by atoms with Gasteiger partial charge in [-0.25, -0.2) is 0 Å². The van der Waals surface area contributed by atoms with Gasteiger partial charge in [-0.2, -0.15) is 0 Å². The molecule has 3 nitrogen and oxygen atoms in total. The first-order valence-corrected chi connectivity index (χ1v) is 17.2. The summed E-state index contributed by atoms with van der Waals surface area (Å²) in [4.78, 5) is 0. The summed E-state index contributed by atoms with van der Waals surface area (Å²) in [6.45, 7) is 24.5. The molecule has 2 atom stereocenters. The van der Waals surface area contributed by atoms with Gasteiger partial charge < -0.3 is 14.2 Å². The topological polar surface area (TPSA) is 27.7 Å². The van der Waals surface area contributed by atoms with Crippen molar-refractivity contribution in [2.24, 2.45) is 28.6 Å². The van der Waals surface area contributed by atoms with E-state index in [4.69, 9.17) is 14.2 Å². The van der Waals surface area contributed by atoms with Crippen LogP contribution in [0.1, 0.15) is 165 Å². The number of hydrogen-bond acceptors (Lipinski definition) is 3. The summed E-state index contributed by atoms with van der Waals surface area (Å²) in [7, 11) is 0. The van der Waals surface area contributed by atoms with Gasteiger partial charge in [0.2, 0.25) is 0 Å². The lowest BCUT2D eigenvalue weighted by atomic mass is 9.80. The fourth-order valence-electron chi connectivity index (χ4n) is 6.08. The third-order valence-electron chi connectivity index (χ3n) is 9.29. The predicted octanol–water partition coefficient (Wildman–Crippen LogP) is 11.0. The molecular weight excluding hydrogens is 480 g/mol. The lowest BCUT2D eigenvalue weighted by molar-refractivity contribution is 0.0285. The number of rotatable bonds is 0.